The summed E-state index contributed by atoms with van der Waals surface area (Å²) in [7, 11) is 0. The van der Waals surface area contributed by atoms with E-state index in [1.807, 2.05) is 0 Å². The molecule has 8 nitrogen and oxygen atoms in total. The highest BCUT2D eigenvalue weighted by atomic mass is 16.5. The number of aliphatic hydroxyl groups is 1. The van der Waals surface area contributed by atoms with E-state index < -0.39 is 6.10 Å². The average Bonchev–Trinajstić information content (AvgIpc) is 3.09. The molecule has 1 aliphatic heterocycles. The van der Waals surface area contributed by atoms with Crippen molar-refractivity contribution in [3.8, 4) is 0 Å². The second kappa shape index (κ2) is 7.84. The number of aryl methyl sites for hydroxylation is 1. The Morgan fingerprint density at radius 1 is 1.34 bits per heavy atom. The van der Waals surface area contributed by atoms with Gasteiger partial charge in [0.25, 0.3) is 5.56 Å². The first-order valence-corrected chi connectivity index (χ1v) is 10.3. The minimum atomic E-state index is -0.637. The van der Waals surface area contributed by atoms with Gasteiger partial charge >= 0.3 is 0 Å². The third kappa shape index (κ3) is 3.55. The number of rotatable bonds is 4. The van der Waals surface area contributed by atoms with E-state index in [1.54, 1.807) is 17.7 Å². The summed E-state index contributed by atoms with van der Waals surface area (Å²) < 4.78 is 6.99. The highest BCUT2D eigenvalue weighted by Gasteiger charge is 2.31. The van der Waals surface area contributed by atoms with Crippen LogP contribution < -0.4 is 10.9 Å². The topological polar surface area (TPSA) is 106 Å². The molecule has 2 N–H and O–H groups in total. The summed E-state index contributed by atoms with van der Waals surface area (Å²) in [5, 5.41) is 14.1. The minimum absolute atomic E-state index is 0.0140. The Kier molecular flexibility index (Phi) is 5.40. The van der Waals surface area contributed by atoms with Crippen LogP contribution in [0.15, 0.2) is 11.0 Å². The number of fused-ring (bicyclic) bond motifs is 1. The van der Waals surface area contributed by atoms with E-state index in [1.165, 1.54) is 6.92 Å². The Labute approximate surface area is 169 Å². The molecule has 0 amide bonds. The van der Waals surface area contributed by atoms with Crippen molar-refractivity contribution >= 4 is 22.8 Å². The van der Waals surface area contributed by atoms with Gasteiger partial charge in [0.1, 0.15) is 5.65 Å². The number of hydrogen-bond donors (Lipinski definition) is 2. The number of Topliss-reactive ketones (excluding diaryl/α,β-unsaturated/α-hetero) is 1. The Hall–Kier alpha value is -2.32. The Morgan fingerprint density at radius 3 is 2.79 bits per heavy atom. The molecule has 2 aromatic rings. The molecule has 0 aromatic carbocycles. The summed E-state index contributed by atoms with van der Waals surface area (Å²) in [6.07, 6.45) is 4.68. The van der Waals surface area contributed by atoms with Crippen LogP contribution in [0.3, 0.4) is 0 Å². The van der Waals surface area contributed by atoms with Crippen molar-refractivity contribution in [2.24, 2.45) is 5.92 Å². The maximum atomic E-state index is 13.3. The van der Waals surface area contributed by atoms with Crippen LogP contribution in [0.4, 0.5) is 5.95 Å². The molecule has 0 unspecified atom stereocenters. The van der Waals surface area contributed by atoms with Gasteiger partial charge in [-0.15, -0.1) is 0 Å². The summed E-state index contributed by atoms with van der Waals surface area (Å²) >= 11 is 0. The fourth-order valence-electron chi connectivity index (χ4n) is 4.69. The normalized spacial score (nSPS) is 27.3. The molecule has 0 radical (unpaired) electrons. The quantitative estimate of drug-likeness (QED) is 0.758. The second-order valence-corrected chi connectivity index (χ2v) is 8.32. The van der Waals surface area contributed by atoms with Gasteiger partial charge < -0.3 is 15.2 Å². The summed E-state index contributed by atoms with van der Waals surface area (Å²) in [5.74, 6) is 0.473. The van der Waals surface area contributed by atoms with Crippen molar-refractivity contribution in [3.63, 3.8) is 0 Å². The molecular formula is C21H28N4O4. The molecule has 0 spiro atoms. The lowest BCUT2D eigenvalue weighted by Gasteiger charge is -2.28. The summed E-state index contributed by atoms with van der Waals surface area (Å²) in [4.78, 5) is 34.7. The van der Waals surface area contributed by atoms with Crippen molar-refractivity contribution in [2.75, 3.05) is 18.5 Å². The first kappa shape index (κ1) is 20.0. The van der Waals surface area contributed by atoms with E-state index in [4.69, 9.17) is 4.74 Å². The van der Waals surface area contributed by atoms with Gasteiger partial charge in [-0.1, -0.05) is 13.3 Å². The van der Waals surface area contributed by atoms with Gasteiger partial charge in [-0.3, -0.25) is 14.2 Å². The molecule has 1 saturated carbocycles. The van der Waals surface area contributed by atoms with Crippen LogP contribution in [0, 0.1) is 12.8 Å². The number of pyridine rings is 1. The Bertz CT molecular complexity index is 1000. The summed E-state index contributed by atoms with van der Waals surface area (Å²) in [6, 6.07) is -0.190. The molecule has 2 fully saturated rings. The first-order chi connectivity index (χ1) is 13.9. The van der Waals surface area contributed by atoms with Crippen molar-refractivity contribution in [1.29, 1.82) is 0 Å². The number of carbonyl (C=O) groups excluding carboxylic acids is 1. The first-order valence-electron chi connectivity index (χ1n) is 10.3. The molecule has 2 aliphatic rings. The van der Waals surface area contributed by atoms with Gasteiger partial charge in [0, 0.05) is 24.2 Å². The molecule has 156 valence electrons. The molecule has 2 aromatic heterocycles. The number of aromatic nitrogens is 3. The monoisotopic (exact) mass is 400 g/mol. The summed E-state index contributed by atoms with van der Waals surface area (Å²) in [5.41, 5.74) is 1.13. The van der Waals surface area contributed by atoms with Crippen LogP contribution >= 0.6 is 0 Å². The molecule has 1 aliphatic carbocycles. The molecular weight excluding hydrogens is 372 g/mol. The predicted octanol–water partition coefficient (Wildman–Crippen LogP) is 2.23. The second-order valence-electron chi connectivity index (χ2n) is 8.32. The zero-order valence-electron chi connectivity index (χ0n) is 17.1. The number of ketones is 1. The van der Waals surface area contributed by atoms with Crippen molar-refractivity contribution < 1.29 is 14.6 Å². The fourth-order valence-corrected chi connectivity index (χ4v) is 4.69. The maximum absolute atomic E-state index is 13.3. The molecule has 8 heteroatoms. The minimum Gasteiger partial charge on any atom is -0.389 e. The van der Waals surface area contributed by atoms with Crippen LogP contribution in [-0.4, -0.2) is 50.8 Å². The lowest BCUT2D eigenvalue weighted by atomic mass is 10.0. The third-order valence-corrected chi connectivity index (χ3v) is 6.35. The highest BCUT2D eigenvalue weighted by Crippen LogP contribution is 2.36. The predicted molar refractivity (Wildman–Crippen MR) is 109 cm³/mol. The summed E-state index contributed by atoms with van der Waals surface area (Å²) in [6.45, 7) is 6.19. The standard InChI is InChI=1S/C21H28N4O4/c1-11-5-4-6-16(11)25-19-14(12(2)18(13(3)26)20(25)28)9-22-21(24-19)23-15-7-8-29-10-17(15)27/h9,11,15-17,27H,4-8,10H2,1-3H3,(H,22,23,24)/t11-,15+,16+,17-/m0/s1. The van der Waals surface area contributed by atoms with Crippen molar-refractivity contribution in [3.05, 3.63) is 27.7 Å². The number of aliphatic hydroxyl groups excluding tert-OH is 1. The average molecular weight is 400 g/mol. The highest BCUT2D eigenvalue weighted by molar-refractivity contribution is 5.99. The van der Waals surface area contributed by atoms with E-state index in [9.17, 15) is 14.7 Å². The fraction of sp³-hybridized carbons (Fsp3) is 0.619. The van der Waals surface area contributed by atoms with Crippen LogP contribution in [-0.2, 0) is 4.74 Å². The van der Waals surface area contributed by atoms with Gasteiger partial charge in [0.15, 0.2) is 5.78 Å². The van der Waals surface area contributed by atoms with E-state index in [2.05, 4.69) is 22.2 Å². The van der Waals surface area contributed by atoms with Crippen LogP contribution in [0.5, 0.6) is 0 Å². The zero-order valence-corrected chi connectivity index (χ0v) is 17.1. The smallest absolute Gasteiger partial charge is 0.263 e. The number of nitrogens with zero attached hydrogens (tertiary/aromatic N) is 3. The zero-order chi connectivity index (χ0) is 20.7. The number of hydrogen-bond acceptors (Lipinski definition) is 7. The van der Waals surface area contributed by atoms with Crippen molar-refractivity contribution in [2.45, 2.75) is 64.6 Å². The van der Waals surface area contributed by atoms with E-state index in [0.29, 0.717) is 41.5 Å². The van der Waals surface area contributed by atoms with E-state index in [0.717, 1.165) is 19.3 Å². The maximum Gasteiger partial charge on any atom is 0.263 e. The number of nitrogens with one attached hydrogen (secondary N) is 1. The third-order valence-electron chi connectivity index (χ3n) is 6.35. The molecule has 0 bridgehead atoms. The van der Waals surface area contributed by atoms with Gasteiger partial charge in [-0.25, -0.2) is 4.98 Å². The van der Waals surface area contributed by atoms with Crippen LogP contribution in [0.1, 0.15) is 61.5 Å². The van der Waals surface area contributed by atoms with Crippen LogP contribution in [0.25, 0.3) is 11.0 Å². The molecule has 3 heterocycles. The van der Waals surface area contributed by atoms with Gasteiger partial charge in [0.05, 0.1) is 24.3 Å². The lowest BCUT2D eigenvalue weighted by Crippen LogP contribution is -2.42. The molecule has 4 atom stereocenters. The lowest BCUT2D eigenvalue weighted by molar-refractivity contribution is -0.0136. The molecule has 1 saturated heterocycles. The van der Waals surface area contributed by atoms with Gasteiger partial charge in [0.2, 0.25) is 5.95 Å². The Balaban J connectivity index is 1.86. The van der Waals surface area contributed by atoms with Crippen molar-refractivity contribution in [1.82, 2.24) is 14.5 Å². The van der Waals surface area contributed by atoms with Gasteiger partial charge in [-0.05, 0) is 44.6 Å². The SMILES string of the molecule is CC(=O)c1c(C)c2cnc(N[C@@H]3CCOC[C@@H]3O)nc2n([C@@H]2CCC[C@@H]2C)c1=O. The van der Waals surface area contributed by atoms with E-state index >= 15 is 0 Å². The van der Waals surface area contributed by atoms with E-state index in [-0.39, 0.29) is 35.6 Å². The molecule has 29 heavy (non-hydrogen) atoms. The largest absolute Gasteiger partial charge is 0.389 e. The van der Waals surface area contributed by atoms with Crippen LogP contribution in [0.2, 0.25) is 0 Å². The number of carbonyl (C=O) groups is 1. The number of anilines is 1. The number of ether oxygens (including phenoxy) is 1. The molecule has 4 rings (SSSR count). The van der Waals surface area contributed by atoms with Gasteiger partial charge in [-0.2, -0.15) is 4.98 Å². The Morgan fingerprint density at radius 2 is 2.14 bits per heavy atom.